The number of hydrogen-bond donors (Lipinski definition) is 1. The quantitative estimate of drug-likeness (QED) is 0.432. The second-order valence-electron chi connectivity index (χ2n) is 5.87. The van der Waals surface area contributed by atoms with Crippen LogP contribution in [-0.4, -0.2) is 61.0 Å². The van der Waals surface area contributed by atoms with Crippen LogP contribution in [-0.2, 0) is 11.3 Å². The van der Waals surface area contributed by atoms with E-state index in [1.807, 2.05) is 30.2 Å². The maximum absolute atomic E-state index is 5.43. The SMILES string of the molecule is CN=C(NCC(C)Cn1cccn1)N(C)CC1CCOC1.I. The maximum Gasteiger partial charge on any atom is 0.193 e. The molecule has 126 valence electrons. The van der Waals surface area contributed by atoms with E-state index >= 15 is 0 Å². The van der Waals surface area contributed by atoms with E-state index in [1.54, 1.807) is 0 Å². The standard InChI is InChI=1S/C15H27N5O.HI/c1-13(10-20-7-4-6-18-20)9-17-15(16-2)19(3)11-14-5-8-21-12-14;/h4,6-7,13-14H,5,8-12H2,1-3H3,(H,16,17);1H. The Hall–Kier alpha value is -0.830. The number of halogens is 1. The van der Waals surface area contributed by atoms with Gasteiger partial charge in [0.2, 0.25) is 0 Å². The largest absolute Gasteiger partial charge is 0.381 e. The van der Waals surface area contributed by atoms with Crippen LogP contribution in [0.2, 0.25) is 0 Å². The van der Waals surface area contributed by atoms with E-state index in [1.165, 1.54) is 0 Å². The highest BCUT2D eigenvalue weighted by molar-refractivity contribution is 14.0. The molecule has 1 aliphatic rings. The molecule has 0 saturated carbocycles. The molecule has 1 aromatic heterocycles. The van der Waals surface area contributed by atoms with Gasteiger partial charge in [0.05, 0.1) is 6.61 Å². The molecule has 1 aromatic rings. The molecule has 0 amide bonds. The minimum absolute atomic E-state index is 0. The molecule has 1 fully saturated rings. The van der Waals surface area contributed by atoms with Crippen molar-refractivity contribution in [3.05, 3.63) is 18.5 Å². The summed E-state index contributed by atoms with van der Waals surface area (Å²) < 4.78 is 7.40. The Morgan fingerprint density at radius 1 is 1.59 bits per heavy atom. The zero-order chi connectivity index (χ0) is 15.1. The van der Waals surface area contributed by atoms with Crippen LogP contribution in [0.3, 0.4) is 0 Å². The lowest BCUT2D eigenvalue weighted by atomic mass is 10.1. The van der Waals surface area contributed by atoms with Gasteiger partial charge in [0.15, 0.2) is 5.96 Å². The third kappa shape index (κ3) is 6.12. The number of ether oxygens (including phenoxy) is 1. The van der Waals surface area contributed by atoms with Gasteiger partial charge in [-0.3, -0.25) is 9.67 Å². The molecule has 2 heterocycles. The lowest BCUT2D eigenvalue weighted by molar-refractivity contribution is 0.181. The van der Waals surface area contributed by atoms with E-state index in [4.69, 9.17) is 4.74 Å². The fourth-order valence-electron chi connectivity index (χ4n) is 2.64. The molecule has 0 aromatic carbocycles. The van der Waals surface area contributed by atoms with E-state index in [9.17, 15) is 0 Å². The monoisotopic (exact) mass is 421 g/mol. The van der Waals surface area contributed by atoms with Crippen LogP contribution in [0, 0.1) is 11.8 Å². The topological polar surface area (TPSA) is 54.7 Å². The van der Waals surface area contributed by atoms with Gasteiger partial charge < -0.3 is 15.0 Å². The van der Waals surface area contributed by atoms with Gasteiger partial charge in [0.25, 0.3) is 0 Å². The molecule has 0 bridgehead atoms. The molecule has 0 spiro atoms. The Labute approximate surface area is 150 Å². The van der Waals surface area contributed by atoms with Gasteiger partial charge in [0, 0.05) is 58.6 Å². The first-order valence-electron chi connectivity index (χ1n) is 7.66. The molecule has 2 unspecified atom stereocenters. The summed E-state index contributed by atoms with van der Waals surface area (Å²) >= 11 is 0. The molecular weight excluding hydrogens is 393 g/mol. The van der Waals surface area contributed by atoms with Gasteiger partial charge in [-0.05, 0) is 18.4 Å². The van der Waals surface area contributed by atoms with Gasteiger partial charge in [-0.2, -0.15) is 5.10 Å². The van der Waals surface area contributed by atoms with Gasteiger partial charge in [0.1, 0.15) is 0 Å². The van der Waals surface area contributed by atoms with E-state index in [0.29, 0.717) is 11.8 Å². The first kappa shape index (κ1) is 19.2. The van der Waals surface area contributed by atoms with Crippen LogP contribution in [0.1, 0.15) is 13.3 Å². The zero-order valence-electron chi connectivity index (χ0n) is 13.7. The first-order valence-corrected chi connectivity index (χ1v) is 7.66. The number of nitrogens with zero attached hydrogens (tertiary/aromatic N) is 4. The van der Waals surface area contributed by atoms with Crippen molar-refractivity contribution in [2.45, 2.75) is 19.9 Å². The highest BCUT2D eigenvalue weighted by Gasteiger charge is 2.19. The number of aromatic nitrogens is 2. The van der Waals surface area contributed by atoms with Crippen molar-refractivity contribution in [1.82, 2.24) is 20.0 Å². The summed E-state index contributed by atoms with van der Waals surface area (Å²) in [6.07, 6.45) is 4.96. The highest BCUT2D eigenvalue weighted by Crippen LogP contribution is 2.13. The molecule has 2 atom stereocenters. The lowest BCUT2D eigenvalue weighted by Gasteiger charge is -2.25. The zero-order valence-corrected chi connectivity index (χ0v) is 16.1. The van der Waals surface area contributed by atoms with Crippen molar-refractivity contribution in [1.29, 1.82) is 0 Å². The van der Waals surface area contributed by atoms with Crippen LogP contribution in [0.4, 0.5) is 0 Å². The summed E-state index contributed by atoms with van der Waals surface area (Å²) in [6.45, 7) is 6.78. The smallest absolute Gasteiger partial charge is 0.193 e. The third-order valence-corrected chi connectivity index (χ3v) is 3.80. The summed E-state index contributed by atoms with van der Waals surface area (Å²) in [5, 5.41) is 7.69. The minimum Gasteiger partial charge on any atom is -0.381 e. The van der Waals surface area contributed by atoms with Crippen LogP contribution in [0.15, 0.2) is 23.5 Å². The van der Waals surface area contributed by atoms with Gasteiger partial charge in [-0.15, -0.1) is 24.0 Å². The Morgan fingerprint density at radius 2 is 2.41 bits per heavy atom. The second kappa shape index (κ2) is 10.0. The van der Waals surface area contributed by atoms with E-state index < -0.39 is 0 Å². The molecule has 22 heavy (non-hydrogen) atoms. The van der Waals surface area contributed by atoms with Gasteiger partial charge in [-0.1, -0.05) is 6.92 Å². The summed E-state index contributed by atoms with van der Waals surface area (Å²) in [5.74, 6) is 2.06. The Balaban J connectivity index is 0.00000242. The van der Waals surface area contributed by atoms with Gasteiger partial charge >= 0.3 is 0 Å². The number of aliphatic imine (C=N–C) groups is 1. The normalized spacial score (nSPS) is 19.6. The van der Waals surface area contributed by atoms with Crippen molar-refractivity contribution in [2.75, 3.05) is 40.4 Å². The molecular formula is C15H28IN5O. The summed E-state index contributed by atoms with van der Waals surface area (Å²) in [5.41, 5.74) is 0. The van der Waals surface area contributed by atoms with Crippen molar-refractivity contribution in [3.63, 3.8) is 0 Å². The second-order valence-corrected chi connectivity index (χ2v) is 5.87. The molecule has 2 rings (SSSR count). The van der Waals surface area contributed by atoms with Crippen molar-refractivity contribution >= 4 is 29.9 Å². The number of hydrogen-bond acceptors (Lipinski definition) is 3. The molecule has 1 saturated heterocycles. The predicted octanol–water partition coefficient (Wildman–Crippen LogP) is 1.68. The Kier molecular flexibility index (Phi) is 8.77. The first-order chi connectivity index (χ1) is 10.2. The average molecular weight is 421 g/mol. The highest BCUT2D eigenvalue weighted by atomic mass is 127. The summed E-state index contributed by atoms with van der Waals surface area (Å²) in [7, 11) is 3.92. The van der Waals surface area contributed by atoms with Crippen molar-refractivity contribution in [3.8, 4) is 0 Å². The molecule has 1 aliphatic heterocycles. The van der Waals surface area contributed by atoms with Crippen LogP contribution >= 0.6 is 24.0 Å². The summed E-state index contributed by atoms with van der Waals surface area (Å²) in [4.78, 5) is 6.56. The Bertz CT molecular complexity index is 431. The van der Waals surface area contributed by atoms with Crippen molar-refractivity contribution in [2.24, 2.45) is 16.8 Å². The summed E-state index contributed by atoms with van der Waals surface area (Å²) in [6, 6.07) is 1.95. The fraction of sp³-hybridized carbons (Fsp3) is 0.733. The molecule has 6 nitrogen and oxygen atoms in total. The lowest BCUT2D eigenvalue weighted by Crippen LogP contribution is -2.43. The Morgan fingerprint density at radius 3 is 3.00 bits per heavy atom. The minimum atomic E-state index is 0. The van der Waals surface area contributed by atoms with E-state index in [2.05, 4.69) is 34.3 Å². The number of rotatable bonds is 6. The average Bonchev–Trinajstić information content (AvgIpc) is 3.13. The predicted molar refractivity (Wildman–Crippen MR) is 99.7 cm³/mol. The van der Waals surface area contributed by atoms with Crippen molar-refractivity contribution < 1.29 is 4.74 Å². The van der Waals surface area contributed by atoms with Crippen LogP contribution in [0.5, 0.6) is 0 Å². The molecule has 0 radical (unpaired) electrons. The molecule has 7 heteroatoms. The molecule has 0 aliphatic carbocycles. The van der Waals surface area contributed by atoms with E-state index in [0.717, 1.165) is 45.2 Å². The van der Waals surface area contributed by atoms with E-state index in [-0.39, 0.29) is 24.0 Å². The number of guanidine groups is 1. The maximum atomic E-state index is 5.43. The molecule has 1 N–H and O–H groups in total. The van der Waals surface area contributed by atoms with Gasteiger partial charge in [-0.25, -0.2) is 0 Å². The van der Waals surface area contributed by atoms with Crippen LogP contribution < -0.4 is 5.32 Å². The fourth-order valence-corrected chi connectivity index (χ4v) is 2.64. The van der Waals surface area contributed by atoms with Crippen LogP contribution in [0.25, 0.3) is 0 Å². The third-order valence-electron chi connectivity index (χ3n) is 3.80. The number of nitrogens with one attached hydrogen (secondary N) is 1.